The summed E-state index contributed by atoms with van der Waals surface area (Å²) in [6.07, 6.45) is 0.847. The third-order valence-corrected chi connectivity index (χ3v) is 6.61. The zero-order chi connectivity index (χ0) is 22.8. The van der Waals surface area contributed by atoms with Crippen LogP contribution in [0.2, 0.25) is 0 Å². The van der Waals surface area contributed by atoms with Crippen LogP contribution in [-0.2, 0) is 0 Å². The summed E-state index contributed by atoms with van der Waals surface area (Å²) in [6, 6.07) is 21.8. The number of fused-ring (bicyclic) bond motifs is 2. The zero-order valence-electron chi connectivity index (χ0n) is 19.1. The van der Waals surface area contributed by atoms with E-state index in [1.807, 2.05) is 68.7 Å². The lowest BCUT2D eigenvalue weighted by molar-refractivity contribution is 0.0986. The number of aromatic nitrogens is 1. The molecule has 1 aliphatic rings. The minimum atomic E-state index is -0.0486. The molecular weight excluding hydrogens is 470 g/mol. The van der Waals surface area contributed by atoms with E-state index >= 15 is 0 Å². The van der Waals surface area contributed by atoms with Gasteiger partial charge in [0.2, 0.25) is 6.79 Å². The summed E-state index contributed by atoms with van der Waals surface area (Å²) < 4.78 is 12.0. The second-order valence-electron chi connectivity index (χ2n) is 8.23. The van der Waals surface area contributed by atoms with Crippen LogP contribution in [0.25, 0.3) is 21.3 Å². The van der Waals surface area contributed by atoms with Crippen LogP contribution >= 0.6 is 23.7 Å². The van der Waals surface area contributed by atoms with Gasteiger partial charge in [-0.25, -0.2) is 4.98 Å². The van der Waals surface area contributed by atoms with Crippen molar-refractivity contribution in [1.29, 1.82) is 0 Å². The number of thiazole rings is 1. The molecule has 1 aromatic heterocycles. The van der Waals surface area contributed by atoms with Crippen molar-refractivity contribution < 1.29 is 14.3 Å². The van der Waals surface area contributed by atoms with E-state index in [1.165, 1.54) is 11.3 Å². The number of carbonyl (C=O) groups excluding carboxylic acids is 1. The van der Waals surface area contributed by atoms with Gasteiger partial charge in [0.05, 0.1) is 10.2 Å². The number of carbonyl (C=O) groups is 1. The minimum Gasteiger partial charge on any atom is -0.454 e. The van der Waals surface area contributed by atoms with Crippen molar-refractivity contribution in [3.63, 3.8) is 0 Å². The molecule has 0 saturated heterocycles. The Hall–Kier alpha value is -3.13. The Morgan fingerprint density at radius 2 is 1.62 bits per heavy atom. The molecule has 0 saturated carbocycles. The highest BCUT2D eigenvalue weighted by Crippen LogP contribution is 2.40. The molecular formula is C26H26ClN3O3S. The SMILES string of the molecule is CN(C)CCCN(C(=O)c1ccc(-c2ccccc2)cc1)c1nc2cc3c(cc2s1)OCO3.Cl. The molecule has 4 aromatic rings. The Morgan fingerprint density at radius 1 is 0.941 bits per heavy atom. The smallest absolute Gasteiger partial charge is 0.260 e. The summed E-state index contributed by atoms with van der Waals surface area (Å²) in [5.74, 6) is 1.37. The number of rotatable bonds is 7. The molecule has 176 valence electrons. The highest BCUT2D eigenvalue weighted by Gasteiger charge is 2.23. The molecule has 0 aliphatic carbocycles. The Labute approximate surface area is 209 Å². The van der Waals surface area contributed by atoms with Gasteiger partial charge in [-0.05, 0) is 50.3 Å². The van der Waals surface area contributed by atoms with Crippen molar-refractivity contribution in [2.24, 2.45) is 0 Å². The molecule has 5 rings (SSSR count). The predicted molar refractivity (Wildman–Crippen MR) is 140 cm³/mol. The molecule has 34 heavy (non-hydrogen) atoms. The van der Waals surface area contributed by atoms with Gasteiger partial charge in [0.15, 0.2) is 16.6 Å². The molecule has 0 unspecified atom stereocenters. The fraction of sp³-hybridized carbons (Fsp3) is 0.231. The topological polar surface area (TPSA) is 54.9 Å². The monoisotopic (exact) mass is 495 g/mol. The summed E-state index contributed by atoms with van der Waals surface area (Å²) in [4.78, 5) is 22.3. The maximum Gasteiger partial charge on any atom is 0.260 e. The molecule has 0 fully saturated rings. The molecule has 0 atom stereocenters. The minimum absolute atomic E-state index is 0. The van der Waals surface area contributed by atoms with E-state index in [-0.39, 0.29) is 25.1 Å². The molecule has 3 aromatic carbocycles. The van der Waals surface area contributed by atoms with Crippen LogP contribution in [0.4, 0.5) is 5.13 Å². The number of ether oxygens (including phenoxy) is 2. The number of nitrogens with zero attached hydrogens (tertiary/aromatic N) is 3. The summed E-state index contributed by atoms with van der Waals surface area (Å²) in [5, 5.41) is 0.685. The van der Waals surface area contributed by atoms with E-state index in [2.05, 4.69) is 17.0 Å². The van der Waals surface area contributed by atoms with Crippen LogP contribution in [0.5, 0.6) is 11.5 Å². The molecule has 8 heteroatoms. The van der Waals surface area contributed by atoms with Gasteiger partial charge in [0.1, 0.15) is 0 Å². The number of halogens is 1. The molecule has 2 heterocycles. The van der Waals surface area contributed by atoms with Crippen molar-refractivity contribution in [1.82, 2.24) is 9.88 Å². The van der Waals surface area contributed by atoms with Gasteiger partial charge in [-0.15, -0.1) is 12.4 Å². The largest absolute Gasteiger partial charge is 0.454 e. The lowest BCUT2D eigenvalue weighted by atomic mass is 10.0. The standard InChI is InChI=1S/C26H25N3O3S.ClH/c1-28(2)13-6-14-29(26-27-21-15-22-23(32-17-31-22)16-24(21)33-26)25(30)20-11-9-19(10-12-20)18-7-4-3-5-8-18;/h3-5,7-12,15-16H,6,13-14,17H2,1-2H3;1H. The second-order valence-corrected chi connectivity index (χ2v) is 9.24. The molecule has 0 bridgehead atoms. The number of anilines is 1. The lowest BCUT2D eigenvalue weighted by Gasteiger charge is -2.21. The maximum atomic E-state index is 13.6. The highest BCUT2D eigenvalue weighted by atomic mass is 35.5. The second kappa shape index (κ2) is 10.4. The van der Waals surface area contributed by atoms with Crippen LogP contribution in [-0.4, -0.2) is 49.8 Å². The Kier molecular flexibility index (Phi) is 7.36. The number of benzene rings is 3. The van der Waals surface area contributed by atoms with Crippen LogP contribution in [0.1, 0.15) is 16.8 Å². The van der Waals surface area contributed by atoms with Crippen molar-refractivity contribution >= 4 is 45.0 Å². The van der Waals surface area contributed by atoms with Gasteiger partial charge in [0, 0.05) is 24.2 Å². The number of hydrogen-bond acceptors (Lipinski definition) is 6. The van der Waals surface area contributed by atoms with E-state index in [1.54, 1.807) is 4.90 Å². The van der Waals surface area contributed by atoms with Crippen molar-refractivity contribution in [2.75, 3.05) is 38.9 Å². The van der Waals surface area contributed by atoms with Gasteiger partial charge in [-0.2, -0.15) is 0 Å². The summed E-state index contributed by atoms with van der Waals surface area (Å²) in [6.45, 7) is 1.70. The first-order chi connectivity index (χ1) is 16.1. The van der Waals surface area contributed by atoms with Gasteiger partial charge in [-0.1, -0.05) is 53.8 Å². The third kappa shape index (κ3) is 5.01. The van der Waals surface area contributed by atoms with Crippen LogP contribution in [0.3, 0.4) is 0 Å². The maximum absolute atomic E-state index is 13.6. The summed E-state index contributed by atoms with van der Waals surface area (Å²) >= 11 is 1.50. The summed E-state index contributed by atoms with van der Waals surface area (Å²) in [5.41, 5.74) is 3.67. The first-order valence-electron chi connectivity index (χ1n) is 10.9. The fourth-order valence-corrected chi connectivity index (χ4v) is 4.84. The fourth-order valence-electron chi connectivity index (χ4n) is 3.84. The average molecular weight is 496 g/mol. The van der Waals surface area contributed by atoms with Gasteiger partial charge in [0.25, 0.3) is 5.91 Å². The highest BCUT2D eigenvalue weighted by molar-refractivity contribution is 7.22. The van der Waals surface area contributed by atoms with Crippen molar-refractivity contribution in [2.45, 2.75) is 6.42 Å². The molecule has 0 spiro atoms. The Balaban J connectivity index is 0.00000274. The number of amides is 1. The van der Waals surface area contributed by atoms with E-state index in [9.17, 15) is 4.79 Å². The van der Waals surface area contributed by atoms with E-state index in [0.717, 1.165) is 40.1 Å². The van der Waals surface area contributed by atoms with E-state index in [0.29, 0.717) is 23.0 Å². The first-order valence-corrected chi connectivity index (χ1v) is 11.7. The van der Waals surface area contributed by atoms with Crippen LogP contribution in [0.15, 0.2) is 66.7 Å². The lowest BCUT2D eigenvalue weighted by Crippen LogP contribution is -2.33. The molecule has 6 nitrogen and oxygen atoms in total. The van der Waals surface area contributed by atoms with E-state index < -0.39 is 0 Å². The van der Waals surface area contributed by atoms with Gasteiger partial charge >= 0.3 is 0 Å². The average Bonchev–Trinajstić information content (AvgIpc) is 3.46. The molecule has 1 amide bonds. The molecule has 0 N–H and O–H groups in total. The third-order valence-electron chi connectivity index (χ3n) is 5.57. The quantitative estimate of drug-likeness (QED) is 0.328. The Bertz CT molecular complexity index is 1230. The predicted octanol–water partition coefficient (Wildman–Crippen LogP) is 5.71. The molecule has 1 aliphatic heterocycles. The zero-order valence-corrected chi connectivity index (χ0v) is 20.7. The Morgan fingerprint density at radius 3 is 2.32 bits per heavy atom. The first kappa shape index (κ1) is 24.0. The number of hydrogen-bond donors (Lipinski definition) is 0. The normalized spacial score (nSPS) is 12.1. The molecule has 0 radical (unpaired) electrons. The van der Waals surface area contributed by atoms with Crippen LogP contribution in [0, 0.1) is 0 Å². The van der Waals surface area contributed by atoms with Crippen molar-refractivity contribution in [3.05, 3.63) is 72.3 Å². The summed E-state index contributed by atoms with van der Waals surface area (Å²) in [7, 11) is 4.07. The van der Waals surface area contributed by atoms with Crippen LogP contribution < -0.4 is 14.4 Å². The van der Waals surface area contributed by atoms with E-state index in [4.69, 9.17) is 14.5 Å². The van der Waals surface area contributed by atoms with Crippen molar-refractivity contribution in [3.8, 4) is 22.6 Å². The van der Waals surface area contributed by atoms with Gasteiger partial charge < -0.3 is 14.4 Å². The van der Waals surface area contributed by atoms with Gasteiger partial charge in [-0.3, -0.25) is 9.69 Å².